The molecule has 1 amide bonds. The second-order valence-electron chi connectivity index (χ2n) is 8.82. The molecule has 0 saturated carbocycles. The molecule has 0 bridgehead atoms. The van der Waals surface area contributed by atoms with Gasteiger partial charge in [0.1, 0.15) is 6.61 Å². The van der Waals surface area contributed by atoms with Crippen molar-refractivity contribution >= 4 is 11.8 Å². The van der Waals surface area contributed by atoms with Crippen molar-refractivity contribution in [2.24, 2.45) is 0 Å². The maximum absolute atomic E-state index is 13.5. The minimum Gasteiger partial charge on any atom is -0.448 e. The topological polar surface area (TPSA) is 49.4 Å². The highest BCUT2D eigenvalue weighted by molar-refractivity contribution is 5.89. The van der Waals surface area contributed by atoms with Crippen molar-refractivity contribution in [2.75, 3.05) is 11.5 Å². The highest BCUT2D eigenvalue weighted by atomic mass is 16.6. The van der Waals surface area contributed by atoms with Crippen molar-refractivity contribution in [3.05, 3.63) is 119 Å². The Bertz CT molecular complexity index is 1300. The van der Waals surface area contributed by atoms with E-state index in [0.717, 1.165) is 22.4 Å². The second kappa shape index (κ2) is 9.06. The Balaban J connectivity index is 1.42. The van der Waals surface area contributed by atoms with Crippen LogP contribution in [-0.2, 0) is 16.4 Å². The normalized spacial score (nSPS) is 12.2. The first-order valence-corrected chi connectivity index (χ1v) is 11.5. The number of amides is 1. The van der Waals surface area contributed by atoms with Gasteiger partial charge >= 0.3 is 6.09 Å². The summed E-state index contributed by atoms with van der Waals surface area (Å²) in [6, 6.07) is 29.2. The van der Waals surface area contributed by atoms with E-state index in [1.807, 2.05) is 50.2 Å². The first-order chi connectivity index (χ1) is 16.5. The molecule has 4 nitrogen and oxygen atoms in total. The summed E-state index contributed by atoms with van der Waals surface area (Å²) in [5.41, 5.74) is 8.55. The zero-order chi connectivity index (χ0) is 23.7. The molecule has 5 rings (SSSR count). The molecule has 34 heavy (non-hydrogen) atoms. The van der Waals surface area contributed by atoms with Crippen LogP contribution >= 0.6 is 0 Å². The van der Waals surface area contributed by atoms with Crippen LogP contribution in [0.1, 0.15) is 33.7 Å². The fraction of sp³-hybridized carbons (Fsp3) is 0.167. The number of hydrogen-bond acceptors (Lipinski definition) is 2. The zero-order valence-corrected chi connectivity index (χ0v) is 19.3. The number of rotatable bonds is 5. The SMILES string of the molecule is Cc1ccc(N(Cc2ccc([O])cc2)C(=O)OCC2c3ccccc3-c3ccccc32)c(C)c1. The summed E-state index contributed by atoms with van der Waals surface area (Å²) >= 11 is 0. The Morgan fingerprint density at radius 1 is 0.824 bits per heavy atom. The number of carbonyl (C=O) groups excluding carboxylic acids is 1. The lowest BCUT2D eigenvalue weighted by Gasteiger charge is -2.25. The Kier molecular flexibility index (Phi) is 5.81. The third kappa shape index (κ3) is 4.15. The fourth-order valence-corrected chi connectivity index (χ4v) is 4.81. The van der Waals surface area contributed by atoms with Crippen LogP contribution in [0.3, 0.4) is 0 Å². The highest BCUT2D eigenvalue weighted by Crippen LogP contribution is 2.44. The number of nitrogens with zero attached hydrogens (tertiary/aromatic N) is 1. The number of ether oxygens (including phenoxy) is 1. The summed E-state index contributed by atoms with van der Waals surface area (Å²) in [4.78, 5) is 15.1. The molecule has 0 fully saturated rings. The molecule has 0 atom stereocenters. The number of benzene rings is 4. The number of hydrogen-bond donors (Lipinski definition) is 0. The maximum Gasteiger partial charge on any atom is 0.414 e. The predicted molar refractivity (Wildman–Crippen MR) is 134 cm³/mol. The van der Waals surface area contributed by atoms with Crippen LogP contribution in [0.15, 0.2) is 91.0 Å². The van der Waals surface area contributed by atoms with E-state index in [2.05, 4.69) is 30.3 Å². The third-order valence-electron chi connectivity index (χ3n) is 6.46. The molecule has 1 radical (unpaired) electrons. The molecule has 1 aliphatic rings. The smallest absolute Gasteiger partial charge is 0.414 e. The lowest BCUT2D eigenvalue weighted by Crippen LogP contribution is -2.32. The average molecular weight is 449 g/mol. The molecule has 0 aromatic heterocycles. The van der Waals surface area contributed by atoms with Gasteiger partial charge in [-0.3, -0.25) is 10.0 Å². The molecule has 0 saturated heterocycles. The Hall–Kier alpha value is -4.05. The predicted octanol–water partition coefficient (Wildman–Crippen LogP) is 7.40. The van der Waals surface area contributed by atoms with Gasteiger partial charge in [-0.05, 0) is 65.4 Å². The molecule has 0 unspecified atom stereocenters. The number of aryl methyl sites for hydroxylation is 2. The number of anilines is 1. The summed E-state index contributed by atoms with van der Waals surface area (Å²) < 4.78 is 5.96. The van der Waals surface area contributed by atoms with Crippen LogP contribution in [0.5, 0.6) is 5.75 Å². The first kappa shape index (κ1) is 21.8. The Morgan fingerprint density at radius 3 is 2.06 bits per heavy atom. The van der Waals surface area contributed by atoms with Gasteiger partial charge in [0.2, 0.25) is 0 Å². The van der Waals surface area contributed by atoms with Gasteiger partial charge in [0.05, 0.1) is 12.2 Å². The lowest BCUT2D eigenvalue weighted by atomic mass is 9.98. The van der Waals surface area contributed by atoms with Crippen LogP contribution in [0.4, 0.5) is 10.5 Å². The summed E-state index contributed by atoms with van der Waals surface area (Å²) in [6.45, 7) is 4.60. The van der Waals surface area contributed by atoms with E-state index in [0.29, 0.717) is 6.54 Å². The quantitative estimate of drug-likeness (QED) is 0.319. The van der Waals surface area contributed by atoms with Crippen molar-refractivity contribution in [1.29, 1.82) is 0 Å². The zero-order valence-electron chi connectivity index (χ0n) is 19.3. The van der Waals surface area contributed by atoms with Gasteiger partial charge in [0.15, 0.2) is 5.75 Å². The van der Waals surface area contributed by atoms with Crippen molar-refractivity contribution in [1.82, 2.24) is 0 Å². The van der Waals surface area contributed by atoms with Gasteiger partial charge in [0.25, 0.3) is 0 Å². The standard InChI is InChI=1S/C30H26NO3/c1-20-11-16-29(21(2)17-20)31(18-22-12-14-23(32)15-13-22)30(33)34-19-28-26-9-5-3-7-24(26)25-8-4-6-10-27(25)28/h3-17,28H,18-19H2,1-2H3. The minimum atomic E-state index is -0.403. The van der Waals surface area contributed by atoms with E-state index in [4.69, 9.17) is 4.74 Å². The van der Waals surface area contributed by atoms with Crippen molar-refractivity contribution in [3.8, 4) is 16.9 Å². The Labute approximate surface area is 200 Å². The highest BCUT2D eigenvalue weighted by Gasteiger charge is 2.30. The molecule has 4 aromatic carbocycles. The lowest BCUT2D eigenvalue weighted by molar-refractivity contribution is 0.150. The van der Waals surface area contributed by atoms with Gasteiger partial charge in [-0.25, -0.2) is 4.79 Å². The van der Waals surface area contributed by atoms with E-state index in [1.165, 1.54) is 34.4 Å². The van der Waals surface area contributed by atoms with E-state index in [9.17, 15) is 9.90 Å². The fourth-order valence-electron chi connectivity index (χ4n) is 4.81. The molecule has 169 valence electrons. The molecular weight excluding hydrogens is 422 g/mol. The first-order valence-electron chi connectivity index (χ1n) is 11.5. The van der Waals surface area contributed by atoms with E-state index in [-0.39, 0.29) is 18.3 Å². The summed E-state index contributed by atoms with van der Waals surface area (Å²) in [5, 5.41) is 11.5. The molecule has 0 aliphatic heterocycles. The molecule has 4 aromatic rings. The van der Waals surface area contributed by atoms with Crippen LogP contribution < -0.4 is 4.90 Å². The number of fused-ring (bicyclic) bond motifs is 3. The second-order valence-corrected chi connectivity index (χ2v) is 8.82. The third-order valence-corrected chi connectivity index (χ3v) is 6.46. The molecule has 0 spiro atoms. The average Bonchev–Trinajstić information content (AvgIpc) is 3.16. The van der Waals surface area contributed by atoms with Crippen LogP contribution in [0.2, 0.25) is 0 Å². The maximum atomic E-state index is 13.5. The van der Waals surface area contributed by atoms with Crippen molar-refractivity contribution in [2.45, 2.75) is 26.3 Å². The van der Waals surface area contributed by atoms with Gasteiger partial charge in [-0.1, -0.05) is 78.4 Å². The van der Waals surface area contributed by atoms with Gasteiger partial charge < -0.3 is 4.74 Å². The van der Waals surface area contributed by atoms with Crippen LogP contribution in [0, 0.1) is 13.8 Å². The number of carbonyl (C=O) groups is 1. The van der Waals surface area contributed by atoms with Crippen molar-refractivity contribution in [3.63, 3.8) is 0 Å². The minimum absolute atomic E-state index is 0.00272. The van der Waals surface area contributed by atoms with Crippen LogP contribution in [0.25, 0.3) is 11.1 Å². The summed E-state index contributed by atoms with van der Waals surface area (Å²) in [6.07, 6.45) is -0.403. The molecular formula is C30H26NO3. The monoisotopic (exact) mass is 448 g/mol. The van der Waals surface area contributed by atoms with Crippen molar-refractivity contribution < 1.29 is 14.6 Å². The van der Waals surface area contributed by atoms with E-state index in [1.54, 1.807) is 17.0 Å². The van der Waals surface area contributed by atoms with Gasteiger partial charge in [-0.2, -0.15) is 0 Å². The van der Waals surface area contributed by atoms with Gasteiger partial charge in [-0.15, -0.1) is 0 Å². The molecule has 0 heterocycles. The largest absolute Gasteiger partial charge is 0.448 e. The molecule has 0 N–H and O–H groups in total. The van der Waals surface area contributed by atoms with Gasteiger partial charge in [0, 0.05) is 5.92 Å². The van der Waals surface area contributed by atoms with E-state index >= 15 is 0 Å². The Morgan fingerprint density at radius 2 is 1.44 bits per heavy atom. The van der Waals surface area contributed by atoms with E-state index < -0.39 is 6.09 Å². The van der Waals surface area contributed by atoms with Crippen LogP contribution in [-0.4, -0.2) is 12.7 Å². The molecule has 4 heteroatoms. The summed E-state index contributed by atoms with van der Waals surface area (Å²) in [5.74, 6) is -0.0555. The summed E-state index contributed by atoms with van der Waals surface area (Å²) in [7, 11) is 0. The molecule has 1 aliphatic carbocycles.